The van der Waals surface area contributed by atoms with Gasteiger partial charge >= 0.3 is 0 Å². The molecule has 0 spiro atoms. The summed E-state index contributed by atoms with van der Waals surface area (Å²) in [5.41, 5.74) is 1.53. The third-order valence-corrected chi connectivity index (χ3v) is 5.57. The van der Waals surface area contributed by atoms with E-state index in [1.807, 2.05) is 6.92 Å². The Morgan fingerprint density at radius 3 is 2.60 bits per heavy atom. The van der Waals surface area contributed by atoms with Gasteiger partial charge in [-0.2, -0.15) is 0 Å². The Morgan fingerprint density at radius 2 is 1.96 bits per heavy atom. The molecule has 1 heterocycles. The zero-order valence-corrected chi connectivity index (χ0v) is 15.9. The third-order valence-electron chi connectivity index (χ3n) is 3.88. The molecular formula is C16H24N4O4S. The molecule has 0 aliphatic carbocycles. The van der Waals surface area contributed by atoms with Crippen LogP contribution in [0.3, 0.4) is 0 Å². The number of ether oxygens (including phenoxy) is 2. The molecule has 0 amide bonds. The van der Waals surface area contributed by atoms with Gasteiger partial charge in [0.2, 0.25) is 10.0 Å². The summed E-state index contributed by atoms with van der Waals surface area (Å²) in [6.07, 6.45) is 1.55. The van der Waals surface area contributed by atoms with Gasteiger partial charge < -0.3 is 14.0 Å². The first-order chi connectivity index (χ1) is 11.8. The maximum Gasteiger partial charge on any atom is 0.241 e. The monoisotopic (exact) mass is 368 g/mol. The molecule has 1 atom stereocenters. The smallest absolute Gasteiger partial charge is 0.241 e. The second-order valence-corrected chi connectivity index (χ2v) is 7.49. The summed E-state index contributed by atoms with van der Waals surface area (Å²) < 4.78 is 40.3. The number of hydrogen-bond acceptors (Lipinski definition) is 6. The molecule has 2 rings (SSSR count). The van der Waals surface area contributed by atoms with Crippen molar-refractivity contribution in [3.8, 4) is 5.75 Å². The van der Waals surface area contributed by atoms with Crippen LogP contribution in [0.5, 0.6) is 5.75 Å². The first-order valence-electron chi connectivity index (χ1n) is 7.84. The van der Waals surface area contributed by atoms with Crippen molar-refractivity contribution in [3.05, 3.63) is 35.4 Å². The molecule has 0 aliphatic rings. The summed E-state index contributed by atoms with van der Waals surface area (Å²) in [5, 5.41) is 7.88. The zero-order valence-electron chi connectivity index (χ0n) is 15.1. The summed E-state index contributed by atoms with van der Waals surface area (Å²) in [4.78, 5) is 0.185. The number of benzene rings is 1. The van der Waals surface area contributed by atoms with E-state index >= 15 is 0 Å². The van der Waals surface area contributed by atoms with E-state index in [1.165, 1.54) is 13.2 Å². The average Bonchev–Trinajstić information content (AvgIpc) is 3.01. The minimum atomic E-state index is -3.75. The van der Waals surface area contributed by atoms with Crippen molar-refractivity contribution in [2.45, 2.75) is 38.3 Å². The number of methoxy groups -OCH3 is 2. The molecular weight excluding hydrogens is 344 g/mol. The van der Waals surface area contributed by atoms with Crippen molar-refractivity contribution < 1.29 is 17.9 Å². The number of hydrogen-bond donors (Lipinski definition) is 1. The highest BCUT2D eigenvalue weighted by Crippen LogP contribution is 2.26. The Kier molecular flexibility index (Phi) is 6.15. The van der Waals surface area contributed by atoms with Gasteiger partial charge in [0.15, 0.2) is 5.82 Å². The minimum absolute atomic E-state index is 0.185. The second-order valence-electron chi connectivity index (χ2n) is 5.81. The van der Waals surface area contributed by atoms with E-state index in [0.717, 1.165) is 5.56 Å². The topological polar surface area (TPSA) is 95.3 Å². The van der Waals surface area contributed by atoms with Gasteiger partial charge in [-0.05, 0) is 31.9 Å². The van der Waals surface area contributed by atoms with Gasteiger partial charge in [0.25, 0.3) is 0 Å². The lowest BCUT2D eigenvalue weighted by Crippen LogP contribution is -2.29. The van der Waals surface area contributed by atoms with Crippen LogP contribution in [0.4, 0.5) is 0 Å². The highest BCUT2D eigenvalue weighted by molar-refractivity contribution is 7.89. The van der Waals surface area contributed by atoms with Crippen molar-refractivity contribution in [2.24, 2.45) is 0 Å². The van der Waals surface area contributed by atoms with Crippen molar-refractivity contribution in [1.29, 1.82) is 0 Å². The molecule has 0 aliphatic heterocycles. The molecule has 1 unspecified atom stereocenters. The quantitative estimate of drug-likeness (QED) is 0.760. The molecule has 1 aromatic heterocycles. The van der Waals surface area contributed by atoms with Crippen LogP contribution in [0.1, 0.15) is 29.9 Å². The Balaban J connectivity index is 2.28. The lowest BCUT2D eigenvalue weighted by Gasteiger charge is -2.17. The lowest BCUT2D eigenvalue weighted by atomic mass is 10.1. The normalized spacial score (nSPS) is 13.0. The number of rotatable bonds is 8. The van der Waals surface area contributed by atoms with Crippen LogP contribution in [0.15, 0.2) is 23.4 Å². The number of nitrogens with zero attached hydrogens (tertiary/aromatic N) is 3. The fourth-order valence-electron chi connectivity index (χ4n) is 2.63. The molecule has 1 aromatic carbocycles. The fraction of sp³-hybridized carbons (Fsp3) is 0.500. The molecule has 1 N–H and O–H groups in total. The molecule has 138 valence electrons. The summed E-state index contributed by atoms with van der Waals surface area (Å²) in [7, 11) is -0.628. The van der Waals surface area contributed by atoms with E-state index in [-0.39, 0.29) is 4.90 Å². The summed E-state index contributed by atoms with van der Waals surface area (Å²) in [6.45, 7) is 6.38. The Morgan fingerprint density at radius 1 is 1.24 bits per heavy atom. The number of nitrogens with one attached hydrogen (secondary N) is 1. The minimum Gasteiger partial charge on any atom is -0.496 e. The van der Waals surface area contributed by atoms with Crippen LogP contribution in [-0.2, 0) is 21.3 Å². The molecule has 8 nitrogen and oxygen atoms in total. The van der Waals surface area contributed by atoms with Gasteiger partial charge in [0, 0.05) is 19.7 Å². The molecule has 9 heteroatoms. The van der Waals surface area contributed by atoms with Gasteiger partial charge in [-0.3, -0.25) is 0 Å². The van der Waals surface area contributed by atoms with E-state index < -0.39 is 16.1 Å². The zero-order chi connectivity index (χ0) is 18.6. The van der Waals surface area contributed by atoms with E-state index in [4.69, 9.17) is 9.47 Å². The standard InChI is InChI=1S/C16H24N4O4S/c1-11-8-12(2)15(9-14(11)24-5)25(21,22)19-13(3)16-18-17-10-20(16)6-7-23-4/h8-10,13,19H,6-7H2,1-5H3. The van der Waals surface area contributed by atoms with Crippen LogP contribution < -0.4 is 9.46 Å². The highest BCUT2D eigenvalue weighted by atomic mass is 32.2. The van der Waals surface area contributed by atoms with Gasteiger partial charge in [0.1, 0.15) is 12.1 Å². The maximum absolute atomic E-state index is 12.8. The van der Waals surface area contributed by atoms with Gasteiger partial charge in [-0.25, -0.2) is 13.1 Å². The van der Waals surface area contributed by atoms with Crippen LogP contribution in [0, 0.1) is 13.8 Å². The average molecular weight is 368 g/mol. The molecule has 0 bridgehead atoms. The first kappa shape index (κ1) is 19.4. The van der Waals surface area contributed by atoms with Crippen molar-refractivity contribution in [1.82, 2.24) is 19.5 Å². The second kappa shape index (κ2) is 7.94. The first-order valence-corrected chi connectivity index (χ1v) is 9.32. The van der Waals surface area contributed by atoms with E-state index in [2.05, 4.69) is 14.9 Å². The Labute approximate surface area is 148 Å². The number of sulfonamides is 1. The van der Waals surface area contributed by atoms with Crippen molar-refractivity contribution in [3.63, 3.8) is 0 Å². The number of aromatic nitrogens is 3. The predicted octanol–water partition coefficient (Wildman–Crippen LogP) is 1.59. The molecule has 0 saturated heterocycles. The maximum atomic E-state index is 12.8. The largest absolute Gasteiger partial charge is 0.496 e. The Bertz CT molecular complexity index is 833. The summed E-state index contributed by atoms with van der Waals surface area (Å²) in [5.74, 6) is 1.05. The lowest BCUT2D eigenvalue weighted by molar-refractivity contribution is 0.185. The highest BCUT2D eigenvalue weighted by Gasteiger charge is 2.24. The van der Waals surface area contributed by atoms with Crippen LogP contribution >= 0.6 is 0 Å². The van der Waals surface area contributed by atoms with Crippen molar-refractivity contribution in [2.75, 3.05) is 20.8 Å². The third kappa shape index (κ3) is 4.36. The fourth-order valence-corrected chi connectivity index (χ4v) is 4.08. The van der Waals surface area contributed by atoms with Crippen LogP contribution in [0.2, 0.25) is 0 Å². The summed E-state index contributed by atoms with van der Waals surface area (Å²) >= 11 is 0. The van der Waals surface area contributed by atoms with Gasteiger partial charge in [-0.15, -0.1) is 10.2 Å². The molecule has 0 fully saturated rings. The Hall–Kier alpha value is -1.97. The predicted molar refractivity (Wildman–Crippen MR) is 93.1 cm³/mol. The van der Waals surface area contributed by atoms with E-state index in [9.17, 15) is 8.42 Å². The van der Waals surface area contributed by atoms with Crippen molar-refractivity contribution >= 4 is 10.0 Å². The molecule has 2 aromatic rings. The number of aryl methyl sites for hydroxylation is 2. The summed E-state index contributed by atoms with van der Waals surface area (Å²) in [6, 6.07) is 2.78. The van der Waals surface area contributed by atoms with E-state index in [1.54, 1.807) is 37.9 Å². The molecule has 25 heavy (non-hydrogen) atoms. The van der Waals surface area contributed by atoms with Gasteiger partial charge in [0.05, 0.1) is 24.7 Å². The SMILES string of the molecule is COCCn1cnnc1C(C)NS(=O)(=O)c1cc(OC)c(C)cc1C. The van der Waals surface area contributed by atoms with Crippen LogP contribution in [0.25, 0.3) is 0 Å². The molecule has 0 radical (unpaired) electrons. The molecule has 0 saturated carbocycles. The van der Waals surface area contributed by atoms with E-state index in [0.29, 0.717) is 30.3 Å². The van der Waals surface area contributed by atoms with Gasteiger partial charge in [-0.1, -0.05) is 6.07 Å². The van der Waals surface area contributed by atoms with Crippen LogP contribution in [-0.4, -0.2) is 44.0 Å².